The molecular formula is C15H20N4OS. The molecule has 1 atom stereocenters. The van der Waals surface area contributed by atoms with Crippen LogP contribution in [-0.2, 0) is 11.2 Å². The molecule has 2 rings (SSSR count). The van der Waals surface area contributed by atoms with Crippen LogP contribution in [0.1, 0.15) is 30.0 Å². The third kappa shape index (κ3) is 4.26. The second kappa shape index (κ2) is 6.67. The molecule has 112 valence electrons. The number of carbonyl (C=O) groups excluding carboxylic acids is 1. The van der Waals surface area contributed by atoms with E-state index in [4.69, 9.17) is 0 Å². The number of anilines is 2. The van der Waals surface area contributed by atoms with E-state index in [-0.39, 0.29) is 11.9 Å². The van der Waals surface area contributed by atoms with Gasteiger partial charge in [0.05, 0.1) is 0 Å². The summed E-state index contributed by atoms with van der Waals surface area (Å²) in [6, 6.07) is 5.80. The summed E-state index contributed by atoms with van der Waals surface area (Å²) < 4.78 is 0. The lowest BCUT2D eigenvalue weighted by Gasteiger charge is -2.15. The maximum absolute atomic E-state index is 12.1. The molecule has 1 amide bonds. The summed E-state index contributed by atoms with van der Waals surface area (Å²) in [6.45, 7) is 7.91. The molecule has 21 heavy (non-hydrogen) atoms. The molecule has 1 aromatic heterocycles. The summed E-state index contributed by atoms with van der Waals surface area (Å²) in [5, 5.41) is 15.4. The van der Waals surface area contributed by atoms with Gasteiger partial charge in [0.1, 0.15) is 11.0 Å². The van der Waals surface area contributed by atoms with Gasteiger partial charge >= 0.3 is 0 Å². The molecule has 0 radical (unpaired) electrons. The molecule has 2 N–H and O–H groups in total. The van der Waals surface area contributed by atoms with Crippen LogP contribution >= 0.6 is 11.3 Å². The van der Waals surface area contributed by atoms with Crippen molar-refractivity contribution in [3.05, 3.63) is 34.3 Å². The van der Waals surface area contributed by atoms with Crippen LogP contribution in [0.3, 0.4) is 0 Å². The Bertz CT molecular complexity index is 618. The van der Waals surface area contributed by atoms with Crippen molar-refractivity contribution in [2.75, 3.05) is 10.6 Å². The quantitative estimate of drug-likeness (QED) is 0.890. The summed E-state index contributed by atoms with van der Waals surface area (Å²) in [5.41, 5.74) is 3.28. The normalized spacial score (nSPS) is 12.0. The first-order valence-electron chi connectivity index (χ1n) is 6.96. The maximum atomic E-state index is 12.1. The van der Waals surface area contributed by atoms with Crippen LogP contribution in [0.25, 0.3) is 0 Å². The number of carbonyl (C=O) groups is 1. The SMILES string of the molecule is CCc1nnc(NC(=O)[C@H](C)Nc2cc(C)cc(C)c2)s1. The molecule has 0 bridgehead atoms. The van der Waals surface area contributed by atoms with Gasteiger partial charge in [-0.2, -0.15) is 0 Å². The van der Waals surface area contributed by atoms with E-state index in [1.165, 1.54) is 22.5 Å². The van der Waals surface area contributed by atoms with E-state index in [0.29, 0.717) is 5.13 Å². The predicted molar refractivity (Wildman–Crippen MR) is 86.9 cm³/mol. The Morgan fingerprint density at radius 3 is 2.48 bits per heavy atom. The fraction of sp³-hybridized carbons (Fsp3) is 0.400. The van der Waals surface area contributed by atoms with Crippen LogP contribution in [0.15, 0.2) is 18.2 Å². The van der Waals surface area contributed by atoms with Crippen molar-refractivity contribution >= 4 is 28.1 Å². The molecule has 0 spiro atoms. The van der Waals surface area contributed by atoms with Crippen LogP contribution in [-0.4, -0.2) is 22.1 Å². The number of amides is 1. The molecule has 0 unspecified atom stereocenters. The standard InChI is InChI=1S/C15H20N4OS/c1-5-13-18-19-15(21-13)17-14(20)11(4)16-12-7-9(2)6-10(3)8-12/h6-8,11,16H,5H2,1-4H3,(H,17,19,20)/t11-/m0/s1. The van der Waals surface area contributed by atoms with Gasteiger partial charge in [0.2, 0.25) is 11.0 Å². The molecule has 0 aliphatic rings. The summed E-state index contributed by atoms with van der Waals surface area (Å²) in [5.74, 6) is -0.118. The summed E-state index contributed by atoms with van der Waals surface area (Å²) in [7, 11) is 0. The molecule has 0 saturated carbocycles. The van der Waals surface area contributed by atoms with Crippen molar-refractivity contribution in [1.29, 1.82) is 0 Å². The Labute approximate surface area is 128 Å². The lowest BCUT2D eigenvalue weighted by molar-refractivity contribution is -0.116. The summed E-state index contributed by atoms with van der Waals surface area (Å²) in [6.07, 6.45) is 0.823. The van der Waals surface area contributed by atoms with E-state index < -0.39 is 0 Å². The Kier molecular flexibility index (Phi) is 4.90. The van der Waals surface area contributed by atoms with Gasteiger partial charge in [-0.25, -0.2) is 0 Å². The number of hydrogen-bond acceptors (Lipinski definition) is 5. The zero-order valence-corrected chi connectivity index (χ0v) is 13.5. The molecule has 5 nitrogen and oxygen atoms in total. The Morgan fingerprint density at radius 1 is 1.24 bits per heavy atom. The highest BCUT2D eigenvalue weighted by molar-refractivity contribution is 7.15. The van der Waals surface area contributed by atoms with E-state index >= 15 is 0 Å². The van der Waals surface area contributed by atoms with Crippen molar-refractivity contribution in [2.45, 2.75) is 40.2 Å². The molecule has 0 aliphatic carbocycles. The van der Waals surface area contributed by atoms with E-state index in [9.17, 15) is 4.79 Å². The number of aryl methyl sites for hydroxylation is 3. The number of rotatable bonds is 5. The first-order chi connectivity index (χ1) is 9.97. The van der Waals surface area contributed by atoms with Crippen molar-refractivity contribution in [3.63, 3.8) is 0 Å². The van der Waals surface area contributed by atoms with Gasteiger partial charge in [-0.3, -0.25) is 10.1 Å². The Balaban J connectivity index is 1.98. The third-order valence-electron chi connectivity index (χ3n) is 3.00. The monoisotopic (exact) mass is 304 g/mol. The zero-order valence-electron chi connectivity index (χ0n) is 12.7. The van der Waals surface area contributed by atoms with Crippen molar-refractivity contribution < 1.29 is 4.79 Å². The van der Waals surface area contributed by atoms with Crippen molar-refractivity contribution in [2.24, 2.45) is 0 Å². The molecule has 0 aliphatic heterocycles. The van der Waals surface area contributed by atoms with Gasteiger partial charge in [-0.15, -0.1) is 10.2 Å². The van der Waals surface area contributed by atoms with Gasteiger partial charge in [-0.05, 0) is 50.5 Å². The van der Waals surface area contributed by atoms with E-state index in [1.807, 2.05) is 39.8 Å². The van der Waals surface area contributed by atoms with Gasteiger partial charge < -0.3 is 5.32 Å². The highest BCUT2D eigenvalue weighted by Crippen LogP contribution is 2.17. The Morgan fingerprint density at radius 2 is 1.90 bits per heavy atom. The highest BCUT2D eigenvalue weighted by atomic mass is 32.1. The highest BCUT2D eigenvalue weighted by Gasteiger charge is 2.15. The largest absolute Gasteiger partial charge is 0.374 e. The number of nitrogens with one attached hydrogen (secondary N) is 2. The van der Waals surface area contributed by atoms with E-state index in [0.717, 1.165) is 17.1 Å². The second-order valence-corrected chi connectivity index (χ2v) is 6.15. The molecule has 2 aromatic rings. The van der Waals surface area contributed by atoms with Crippen molar-refractivity contribution in [3.8, 4) is 0 Å². The number of nitrogens with zero attached hydrogens (tertiary/aromatic N) is 2. The van der Waals surface area contributed by atoms with Gasteiger partial charge in [0.25, 0.3) is 0 Å². The van der Waals surface area contributed by atoms with Crippen LogP contribution in [0.4, 0.5) is 10.8 Å². The van der Waals surface area contributed by atoms with Crippen LogP contribution in [0.5, 0.6) is 0 Å². The average molecular weight is 304 g/mol. The first kappa shape index (κ1) is 15.4. The fourth-order valence-corrected chi connectivity index (χ4v) is 2.72. The molecule has 0 fully saturated rings. The number of hydrogen-bond donors (Lipinski definition) is 2. The summed E-state index contributed by atoms with van der Waals surface area (Å²) in [4.78, 5) is 12.1. The minimum atomic E-state index is -0.347. The van der Waals surface area contributed by atoms with Gasteiger partial charge in [0.15, 0.2) is 0 Å². The zero-order chi connectivity index (χ0) is 15.4. The topological polar surface area (TPSA) is 66.9 Å². The second-order valence-electron chi connectivity index (χ2n) is 5.09. The van der Waals surface area contributed by atoms with E-state index in [1.54, 1.807) is 0 Å². The Hall–Kier alpha value is -1.95. The summed E-state index contributed by atoms with van der Waals surface area (Å²) >= 11 is 1.41. The minimum Gasteiger partial charge on any atom is -0.374 e. The minimum absolute atomic E-state index is 0.118. The molecule has 1 heterocycles. The molecule has 6 heteroatoms. The maximum Gasteiger partial charge on any atom is 0.248 e. The van der Waals surface area contributed by atoms with Crippen molar-refractivity contribution in [1.82, 2.24) is 10.2 Å². The smallest absolute Gasteiger partial charge is 0.248 e. The lowest BCUT2D eigenvalue weighted by Crippen LogP contribution is -2.31. The average Bonchev–Trinajstić information content (AvgIpc) is 2.85. The predicted octanol–water partition coefficient (Wildman–Crippen LogP) is 3.16. The fourth-order valence-electron chi connectivity index (χ4n) is 2.03. The van der Waals surface area contributed by atoms with E-state index in [2.05, 4.69) is 26.9 Å². The molecular weight excluding hydrogens is 284 g/mol. The van der Waals surface area contributed by atoms with Gasteiger partial charge in [-0.1, -0.05) is 24.3 Å². The van der Waals surface area contributed by atoms with Crippen LogP contribution in [0.2, 0.25) is 0 Å². The lowest BCUT2D eigenvalue weighted by atomic mass is 10.1. The molecule has 0 saturated heterocycles. The third-order valence-corrected chi connectivity index (χ3v) is 3.98. The number of aromatic nitrogens is 2. The number of benzene rings is 1. The van der Waals surface area contributed by atoms with Crippen LogP contribution in [0, 0.1) is 13.8 Å². The van der Waals surface area contributed by atoms with Crippen LogP contribution < -0.4 is 10.6 Å². The first-order valence-corrected chi connectivity index (χ1v) is 7.77. The molecule has 1 aromatic carbocycles. The van der Waals surface area contributed by atoms with Gasteiger partial charge in [0, 0.05) is 5.69 Å².